The number of carbonyl (C=O) groups excluding carboxylic acids is 1. The highest BCUT2D eigenvalue weighted by Crippen LogP contribution is 1.99. The summed E-state index contributed by atoms with van der Waals surface area (Å²) in [6.07, 6.45) is 1.37. The minimum atomic E-state index is -0.448. The van der Waals surface area contributed by atoms with E-state index >= 15 is 0 Å². The summed E-state index contributed by atoms with van der Waals surface area (Å²) in [6, 6.07) is 1.85. The smallest absolute Gasteiger partial charge is 0.263 e. The van der Waals surface area contributed by atoms with Crippen LogP contribution >= 0.6 is 0 Å². The standard InChI is InChI=1S/C14H24N4O4/c15-11-13(12-18(3-7-19)4-8-20)14(21)16-1-2-17-5-9-22-10-6-17/h12,19-20H,1-10H2,(H,16,21)/b13-12-. The molecule has 1 amide bonds. The maximum Gasteiger partial charge on any atom is 0.263 e. The summed E-state index contributed by atoms with van der Waals surface area (Å²) in [4.78, 5) is 15.7. The van der Waals surface area contributed by atoms with Gasteiger partial charge in [-0.3, -0.25) is 9.69 Å². The lowest BCUT2D eigenvalue weighted by atomic mass is 10.3. The predicted molar refractivity (Wildman–Crippen MR) is 79.7 cm³/mol. The van der Waals surface area contributed by atoms with Crippen LogP contribution in [0, 0.1) is 11.3 Å². The Bertz CT molecular complexity index is 396. The molecule has 0 bridgehead atoms. The molecule has 0 aromatic rings. The zero-order valence-corrected chi connectivity index (χ0v) is 12.7. The van der Waals surface area contributed by atoms with Crippen molar-refractivity contribution in [3.05, 3.63) is 11.8 Å². The van der Waals surface area contributed by atoms with Gasteiger partial charge in [0.1, 0.15) is 11.6 Å². The molecule has 3 N–H and O–H groups in total. The van der Waals surface area contributed by atoms with Gasteiger partial charge in [0.15, 0.2) is 0 Å². The van der Waals surface area contributed by atoms with Crippen LogP contribution in [0.5, 0.6) is 0 Å². The van der Waals surface area contributed by atoms with Gasteiger partial charge in [-0.2, -0.15) is 5.26 Å². The number of hydrogen-bond donors (Lipinski definition) is 3. The van der Waals surface area contributed by atoms with Gasteiger partial charge in [0.2, 0.25) is 0 Å². The van der Waals surface area contributed by atoms with Crippen LogP contribution in [0.1, 0.15) is 0 Å². The van der Waals surface area contributed by atoms with Crippen LogP contribution in [0.15, 0.2) is 11.8 Å². The Balaban J connectivity index is 2.43. The van der Waals surface area contributed by atoms with Gasteiger partial charge in [0.05, 0.1) is 26.4 Å². The number of nitrogens with zero attached hydrogens (tertiary/aromatic N) is 3. The van der Waals surface area contributed by atoms with E-state index in [1.807, 2.05) is 6.07 Å². The molecule has 0 aromatic carbocycles. The van der Waals surface area contributed by atoms with E-state index in [1.165, 1.54) is 6.20 Å². The molecule has 8 heteroatoms. The fourth-order valence-corrected chi connectivity index (χ4v) is 2.07. The second kappa shape index (κ2) is 11.0. The summed E-state index contributed by atoms with van der Waals surface area (Å²) in [5, 5.41) is 29.6. The summed E-state index contributed by atoms with van der Waals surface area (Å²) in [6.45, 7) is 4.54. The van der Waals surface area contributed by atoms with E-state index < -0.39 is 5.91 Å². The number of ether oxygens (including phenoxy) is 1. The first-order valence-electron chi connectivity index (χ1n) is 7.37. The summed E-state index contributed by atoms with van der Waals surface area (Å²) < 4.78 is 5.24. The molecule has 1 rings (SSSR count). The predicted octanol–water partition coefficient (Wildman–Crippen LogP) is -1.87. The first kappa shape index (κ1) is 18.4. The van der Waals surface area contributed by atoms with Gasteiger partial charge in [-0.15, -0.1) is 0 Å². The van der Waals surface area contributed by atoms with E-state index in [0.29, 0.717) is 26.3 Å². The summed E-state index contributed by atoms with van der Waals surface area (Å²) in [5.74, 6) is -0.448. The molecule has 0 aliphatic carbocycles. The topological polar surface area (TPSA) is 109 Å². The zero-order valence-electron chi connectivity index (χ0n) is 12.7. The Hall–Kier alpha value is -1.66. The normalized spacial score (nSPS) is 16.1. The molecule has 124 valence electrons. The highest BCUT2D eigenvalue weighted by atomic mass is 16.5. The molecule has 0 atom stereocenters. The maximum absolute atomic E-state index is 12.0. The third-order valence-electron chi connectivity index (χ3n) is 3.27. The molecule has 1 fully saturated rings. The third kappa shape index (κ3) is 6.87. The van der Waals surface area contributed by atoms with Crippen molar-refractivity contribution in [3.8, 4) is 6.07 Å². The largest absolute Gasteiger partial charge is 0.395 e. The second-order valence-corrected chi connectivity index (χ2v) is 4.85. The number of amides is 1. The fraction of sp³-hybridized carbons (Fsp3) is 0.714. The van der Waals surface area contributed by atoms with Crippen LogP contribution in [0.4, 0.5) is 0 Å². The van der Waals surface area contributed by atoms with E-state index in [2.05, 4.69) is 10.2 Å². The maximum atomic E-state index is 12.0. The molecule has 0 radical (unpaired) electrons. The fourth-order valence-electron chi connectivity index (χ4n) is 2.07. The van der Waals surface area contributed by atoms with Crippen LogP contribution in [0.2, 0.25) is 0 Å². The molecule has 0 unspecified atom stereocenters. The highest BCUT2D eigenvalue weighted by Gasteiger charge is 2.13. The third-order valence-corrected chi connectivity index (χ3v) is 3.27. The van der Waals surface area contributed by atoms with Gasteiger partial charge >= 0.3 is 0 Å². The number of hydrogen-bond acceptors (Lipinski definition) is 7. The molecular weight excluding hydrogens is 288 g/mol. The summed E-state index contributed by atoms with van der Waals surface area (Å²) in [5.41, 5.74) is -0.0381. The molecule has 1 heterocycles. The van der Waals surface area contributed by atoms with Gasteiger partial charge in [0, 0.05) is 45.5 Å². The number of nitrogens with one attached hydrogen (secondary N) is 1. The SMILES string of the molecule is N#C/C(=C/N(CCO)CCO)C(=O)NCCN1CCOCC1. The van der Waals surface area contributed by atoms with Crippen molar-refractivity contribution in [2.75, 3.05) is 65.7 Å². The van der Waals surface area contributed by atoms with Crippen molar-refractivity contribution >= 4 is 5.91 Å². The Morgan fingerprint density at radius 1 is 1.32 bits per heavy atom. The van der Waals surface area contributed by atoms with Crippen molar-refractivity contribution in [2.45, 2.75) is 0 Å². The molecule has 1 aliphatic rings. The molecule has 1 aliphatic heterocycles. The van der Waals surface area contributed by atoms with E-state index in [0.717, 1.165) is 13.1 Å². The minimum Gasteiger partial charge on any atom is -0.395 e. The van der Waals surface area contributed by atoms with E-state index in [4.69, 9.17) is 20.2 Å². The first-order valence-corrected chi connectivity index (χ1v) is 7.37. The second-order valence-electron chi connectivity index (χ2n) is 4.85. The quantitative estimate of drug-likeness (QED) is 0.338. The van der Waals surface area contributed by atoms with Crippen LogP contribution in [0.3, 0.4) is 0 Å². The number of nitriles is 1. The van der Waals surface area contributed by atoms with Crippen molar-refractivity contribution in [3.63, 3.8) is 0 Å². The Labute approximate surface area is 130 Å². The van der Waals surface area contributed by atoms with E-state index in [-0.39, 0.29) is 31.9 Å². The molecule has 0 aromatic heterocycles. The summed E-state index contributed by atoms with van der Waals surface area (Å²) in [7, 11) is 0. The van der Waals surface area contributed by atoms with Gasteiger partial charge in [-0.25, -0.2) is 0 Å². The van der Waals surface area contributed by atoms with E-state index in [9.17, 15) is 4.79 Å². The average molecular weight is 312 g/mol. The monoisotopic (exact) mass is 312 g/mol. The first-order chi connectivity index (χ1) is 10.7. The number of aliphatic hydroxyl groups excluding tert-OH is 2. The number of aliphatic hydroxyl groups is 2. The summed E-state index contributed by atoms with van der Waals surface area (Å²) >= 11 is 0. The van der Waals surface area contributed by atoms with Crippen molar-refractivity contribution < 1.29 is 19.7 Å². The van der Waals surface area contributed by atoms with Crippen LogP contribution in [0.25, 0.3) is 0 Å². The van der Waals surface area contributed by atoms with Gasteiger partial charge in [0.25, 0.3) is 5.91 Å². The van der Waals surface area contributed by atoms with Crippen LogP contribution < -0.4 is 5.32 Å². The lowest BCUT2D eigenvalue weighted by Crippen LogP contribution is -2.41. The molecular formula is C14H24N4O4. The Kier molecular flexibility index (Phi) is 9.18. The molecule has 0 saturated carbocycles. The number of rotatable bonds is 9. The Morgan fingerprint density at radius 2 is 1.95 bits per heavy atom. The zero-order chi connectivity index (χ0) is 16.2. The van der Waals surface area contributed by atoms with Crippen LogP contribution in [-0.4, -0.2) is 91.6 Å². The molecule has 1 saturated heterocycles. The average Bonchev–Trinajstić information content (AvgIpc) is 2.53. The lowest BCUT2D eigenvalue weighted by Gasteiger charge is -2.26. The van der Waals surface area contributed by atoms with Crippen molar-refractivity contribution in [2.24, 2.45) is 0 Å². The molecule has 22 heavy (non-hydrogen) atoms. The van der Waals surface area contributed by atoms with Crippen molar-refractivity contribution in [1.29, 1.82) is 5.26 Å². The van der Waals surface area contributed by atoms with Crippen LogP contribution in [-0.2, 0) is 9.53 Å². The van der Waals surface area contributed by atoms with Crippen molar-refractivity contribution in [1.82, 2.24) is 15.1 Å². The Morgan fingerprint density at radius 3 is 2.50 bits per heavy atom. The number of morpholine rings is 1. The van der Waals surface area contributed by atoms with E-state index in [1.54, 1.807) is 4.90 Å². The lowest BCUT2D eigenvalue weighted by molar-refractivity contribution is -0.117. The van der Waals surface area contributed by atoms with Gasteiger partial charge in [-0.1, -0.05) is 0 Å². The molecule has 8 nitrogen and oxygen atoms in total. The highest BCUT2D eigenvalue weighted by molar-refractivity contribution is 5.97. The molecule has 0 spiro atoms. The minimum absolute atomic E-state index is 0.0381. The number of carbonyl (C=O) groups is 1. The van der Waals surface area contributed by atoms with Gasteiger partial charge in [-0.05, 0) is 0 Å². The van der Waals surface area contributed by atoms with Gasteiger partial charge < -0.3 is 25.2 Å².